The zero-order valence-electron chi connectivity index (χ0n) is 19.7. The van der Waals surface area contributed by atoms with Gasteiger partial charge in [0.1, 0.15) is 16.9 Å². The molecule has 0 fully saturated rings. The Morgan fingerprint density at radius 3 is 2.60 bits per heavy atom. The summed E-state index contributed by atoms with van der Waals surface area (Å²) in [6.45, 7) is 6.09. The Morgan fingerprint density at radius 1 is 1.14 bits per heavy atom. The van der Waals surface area contributed by atoms with Crippen molar-refractivity contribution in [3.05, 3.63) is 81.4 Å². The van der Waals surface area contributed by atoms with Crippen LogP contribution in [0.15, 0.2) is 47.6 Å². The minimum absolute atomic E-state index is 0.0636. The SMILES string of the molecule is COC(=O)C[C@@H]1N=C(c2ccc(-c3cc(C#N)ccn3)cc2)c2c(sc(C)c2C)-n2c(C)nnc21. The molecule has 1 atom stereocenters. The summed E-state index contributed by atoms with van der Waals surface area (Å²) in [7, 11) is 1.37. The minimum atomic E-state index is -0.536. The number of aromatic nitrogens is 4. The first-order valence-electron chi connectivity index (χ1n) is 11.1. The Labute approximate surface area is 206 Å². The fourth-order valence-corrected chi connectivity index (χ4v) is 5.44. The number of ether oxygens (including phenoxy) is 1. The van der Waals surface area contributed by atoms with Crippen LogP contribution in [0.4, 0.5) is 0 Å². The Balaban J connectivity index is 1.67. The van der Waals surface area contributed by atoms with Crippen molar-refractivity contribution < 1.29 is 9.53 Å². The molecule has 0 aliphatic carbocycles. The molecule has 0 radical (unpaired) electrons. The van der Waals surface area contributed by atoms with Crippen LogP contribution in [-0.4, -0.2) is 38.5 Å². The normalized spacial score (nSPS) is 14.4. The van der Waals surface area contributed by atoms with E-state index in [9.17, 15) is 10.1 Å². The van der Waals surface area contributed by atoms with Gasteiger partial charge in [-0.05, 0) is 38.5 Å². The minimum Gasteiger partial charge on any atom is -0.469 e. The quantitative estimate of drug-likeness (QED) is 0.392. The third-order valence-electron chi connectivity index (χ3n) is 6.17. The number of carbonyl (C=O) groups excluding carboxylic acids is 1. The lowest BCUT2D eigenvalue weighted by atomic mass is 9.98. The number of pyridine rings is 1. The number of aliphatic imine (C=N–C) groups is 1. The van der Waals surface area contributed by atoms with E-state index in [1.54, 1.807) is 29.7 Å². The lowest BCUT2D eigenvalue weighted by molar-refractivity contribution is -0.141. The van der Waals surface area contributed by atoms with Crippen LogP contribution in [0.1, 0.15) is 51.2 Å². The molecule has 0 amide bonds. The smallest absolute Gasteiger partial charge is 0.308 e. The van der Waals surface area contributed by atoms with E-state index in [1.165, 1.54) is 12.0 Å². The molecule has 174 valence electrons. The number of carbonyl (C=O) groups is 1. The molecule has 0 unspecified atom stereocenters. The average molecular weight is 483 g/mol. The van der Waals surface area contributed by atoms with Crippen LogP contribution in [0.3, 0.4) is 0 Å². The van der Waals surface area contributed by atoms with E-state index in [-0.39, 0.29) is 12.4 Å². The fourth-order valence-electron chi connectivity index (χ4n) is 4.22. The molecule has 0 bridgehead atoms. The number of nitrogens with zero attached hydrogens (tertiary/aromatic N) is 6. The number of rotatable bonds is 4. The maximum absolute atomic E-state index is 12.3. The van der Waals surface area contributed by atoms with Gasteiger partial charge in [-0.25, -0.2) is 0 Å². The molecular weight excluding hydrogens is 460 g/mol. The van der Waals surface area contributed by atoms with E-state index in [0.29, 0.717) is 11.4 Å². The van der Waals surface area contributed by atoms with Crippen molar-refractivity contribution in [2.45, 2.75) is 33.2 Å². The Morgan fingerprint density at radius 2 is 1.89 bits per heavy atom. The second-order valence-corrected chi connectivity index (χ2v) is 9.50. The van der Waals surface area contributed by atoms with E-state index in [4.69, 9.17) is 9.73 Å². The van der Waals surface area contributed by atoms with Gasteiger partial charge in [0.2, 0.25) is 0 Å². The molecular formula is C26H22N6O2S. The van der Waals surface area contributed by atoms with Gasteiger partial charge in [0.15, 0.2) is 5.82 Å². The van der Waals surface area contributed by atoms with Gasteiger partial charge in [0.05, 0.1) is 36.6 Å². The van der Waals surface area contributed by atoms with E-state index in [2.05, 4.69) is 35.1 Å². The van der Waals surface area contributed by atoms with Crippen molar-refractivity contribution in [3.63, 3.8) is 0 Å². The Bertz CT molecular complexity index is 1520. The summed E-state index contributed by atoms with van der Waals surface area (Å²) in [5.41, 5.74) is 6.05. The number of esters is 1. The van der Waals surface area contributed by atoms with Gasteiger partial charge in [-0.15, -0.1) is 21.5 Å². The van der Waals surface area contributed by atoms with E-state index in [0.717, 1.165) is 44.5 Å². The predicted octanol–water partition coefficient (Wildman–Crippen LogP) is 4.64. The largest absolute Gasteiger partial charge is 0.469 e. The first-order valence-corrected chi connectivity index (χ1v) is 11.9. The van der Waals surface area contributed by atoms with Gasteiger partial charge in [-0.3, -0.25) is 19.3 Å². The molecule has 9 heteroatoms. The van der Waals surface area contributed by atoms with Gasteiger partial charge in [-0.1, -0.05) is 24.3 Å². The van der Waals surface area contributed by atoms with Gasteiger partial charge in [-0.2, -0.15) is 5.26 Å². The second kappa shape index (κ2) is 8.89. The Kier molecular flexibility index (Phi) is 5.75. The molecule has 3 aromatic heterocycles. The zero-order chi connectivity index (χ0) is 24.7. The molecule has 0 saturated carbocycles. The van der Waals surface area contributed by atoms with Gasteiger partial charge < -0.3 is 4.74 Å². The summed E-state index contributed by atoms with van der Waals surface area (Å²) in [5.74, 6) is 1.01. The predicted molar refractivity (Wildman–Crippen MR) is 133 cm³/mol. The molecule has 1 aliphatic rings. The summed E-state index contributed by atoms with van der Waals surface area (Å²) < 4.78 is 6.96. The number of benzene rings is 1. The number of nitriles is 1. The summed E-state index contributed by atoms with van der Waals surface area (Å²) >= 11 is 1.67. The van der Waals surface area contributed by atoms with Gasteiger partial charge in [0, 0.05) is 27.8 Å². The number of fused-ring (bicyclic) bond motifs is 3. The molecule has 35 heavy (non-hydrogen) atoms. The first-order chi connectivity index (χ1) is 16.9. The third-order valence-corrected chi connectivity index (χ3v) is 7.36. The molecule has 8 nitrogen and oxygen atoms in total. The molecule has 4 heterocycles. The molecule has 4 aromatic rings. The van der Waals surface area contributed by atoms with Crippen molar-refractivity contribution in [2.24, 2.45) is 4.99 Å². The van der Waals surface area contributed by atoms with Crippen LogP contribution >= 0.6 is 11.3 Å². The monoisotopic (exact) mass is 482 g/mol. The van der Waals surface area contributed by atoms with Crippen molar-refractivity contribution in [1.82, 2.24) is 19.7 Å². The first kappa shape index (κ1) is 22.6. The van der Waals surface area contributed by atoms with Crippen LogP contribution in [0.25, 0.3) is 16.3 Å². The molecule has 0 N–H and O–H groups in total. The molecule has 0 saturated heterocycles. The third kappa shape index (κ3) is 3.92. The highest BCUT2D eigenvalue weighted by Gasteiger charge is 2.32. The standard InChI is InChI=1S/C26H22N6O2S/c1-14-15(2)35-26-23(14)24(29-21(12-22(33)34-4)25-31-30-16(3)32(25)26)19-7-5-18(6-8-19)20-11-17(13-27)9-10-28-20/h5-11,21H,12H2,1-4H3/t21-/m0/s1. The van der Waals surface area contributed by atoms with Gasteiger partial charge in [0.25, 0.3) is 0 Å². The van der Waals surface area contributed by atoms with Crippen LogP contribution in [0, 0.1) is 32.1 Å². The van der Waals surface area contributed by atoms with E-state index >= 15 is 0 Å². The molecule has 5 rings (SSSR count). The summed E-state index contributed by atoms with van der Waals surface area (Å²) in [6.07, 6.45) is 1.70. The number of methoxy groups -OCH3 is 1. The summed E-state index contributed by atoms with van der Waals surface area (Å²) in [5, 5.41) is 18.9. The van der Waals surface area contributed by atoms with Crippen molar-refractivity contribution in [3.8, 4) is 22.3 Å². The topological polar surface area (TPSA) is 106 Å². The lowest BCUT2D eigenvalue weighted by Crippen LogP contribution is -2.12. The van der Waals surface area contributed by atoms with Crippen LogP contribution < -0.4 is 0 Å². The summed E-state index contributed by atoms with van der Waals surface area (Å²) in [4.78, 5) is 22.9. The number of hydrogen-bond donors (Lipinski definition) is 0. The van der Waals surface area contributed by atoms with Crippen LogP contribution in [0.2, 0.25) is 0 Å². The van der Waals surface area contributed by atoms with Crippen molar-refractivity contribution >= 4 is 23.0 Å². The zero-order valence-corrected chi connectivity index (χ0v) is 20.6. The number of aryl methyl sites for hydroxylation is 2. The second-order valence-electron chi connectivity index (χ2n) is 8.30. The van der Waals surface area contributed by atoms with Crippen molar-refractivity contribution in [2.75, 3.05) is 7.11 Å². The molecule has 0 spiro atoms. The molecule has 1 aromatic carbocycles. The van der Waals surface area contributed by atoms with E-state index in [1.807, 2.05) is 35.8 Å². The maximum atomic E-state index is 12.3. The highest BCUT2D eigenvalue weighted by Crippen LogP contribution is 2.39. The van der Waals surface area contributed by atoms with Crippen LogP contribution in [0.5, 0.6) is 0 Å². The lowest BCUT2D eigenvalue weighted by Gasteiger charge is -2.12. The van der Waals surface area contributed by atoms with Gasteiger partial charge >= 0.3 is 5.97 Å². The van der Waals surface area contributed by atoms with E-state index < -0.39 is 6.04 Å². The highest BCUT2D eigenvalue weighted by atomic mass is 32.1. The number of thiophene rings is 1. The average Bonchev–Trinajstić information content (AvgIpc) is 3.36. The van der Waals surface area contributed by atoms with Crippen molar-refractivity contribution in [1.29, 1.82) is 5.26 Å². The molecule has 1 aliphatic heterocycles. The highest BCUT2D eigenvalue weighted by molar-refractivity contribution is 7.15. The number of hydrogen-bond acceptors (Lipinski definition) is 8. The maximum Gasteiger partial charge on any atom is 0.308 e. The Hall–Kier alpha value is -4.16. The van der Waals surface area contributed by atoms with Crippen LogP contribution in [-0.2, 0) is 9.53 Å². The summed E-state index contributed by atoms with van der Waals surface area (Å²) in [6, 6.07) is 13.0. The fraction of sp³-hybridized carbons (Fsp3) is 0.231.